The lowest BCUT2D eigenvalue weighted by Crippen LogP contribution is -2.33. The Labute approximate surface area is 125 Å². The van der Waals surface area contributed by atoms with E-state index in [0.29, 0.717) is 6.04 Å². The van der Waals surface area contributed by atoms with Crippen LogP contribution in [-0.2, 0) is 0 Å². The molecule has 4 unspecified atom stereocenters. The molecule has 1 aliphatic rings. The van der Waals surface area contributed by atoms with Crippen LogP contribution < -0.4 is 5.32 Å². The Hall–Kier alpha value is -0.820. The highest BCUT2D eigenvalue weighted by Gasteiger charge is 2.30. The van der Waals surface area contributed by atoms with Crippen LogP contribution in [0.1, 0.15) is 63.6 Å². The van der Waals surface area contributed by atoms with Crippen LogP contribution in [0.2, 0.25) is 0 Å². The standard InChI is InChI=1S/C19H31N/c1-5-11-20-19(17-8-6-7-14(2)12-17)18-10-9-15(3)16(4)13-18/h6-8,12,15-16,18-20H,5,9-11,13H2,1-4H3. The third kappa shape index (κ3) is 3.85. The number of benzene rings is 1. The first-order chi connectivity index (χ1) is 9.61. The summed E-state index contributed by atoms with van der Waals surface area (Å²) in [6, 6.07) is 9.63. The first-order valence-corrected chi connectivity index (χ1v) is 8.41. The van der Waals surface area contributed by atoms with Gasteiger partial charge >= 0.3 is 0 Å². The summed E-state index contributed by atoms with van der Waals surface area (Å²) in [5.74, 6) is 2.56. The van der Waals surface area contributed by atoms with E-state index < -0.39 is 0 Å². The fourth-order valence-electron chi connectivity index (χ4n) is 3.61. The Kier molecular flexibility index (Phi) is 5.65. The van der Waals surface area contributed by atoms with Crippen LogP contribution in [0.15, 0.2) is 24.3 Å². The van der Waals surface area contributed by atoms with Gasteiger partial charge in [-0.2, -0.15) is 0 Å². The zero-order valence-corrected chi connectivity index (χ0v) is 13.7. The second kappa shape index (κ2) is 7.26. The van der Waals surface area contributed by atoms with Gasteiger partial charge in [-0.3, -0.25) is 0 Å². The van der Waals surface area contributed by atoms with Crippen molar-refractivity contribution in [3.63, 3.8) is 0 Å². The van der Waals surface area contributed by atoms with E-state index in [1.54, 1.807) is 0 Å². The molecule has 0 amide bonds. The summed E-state index contributed by atoms with van der Waals surface area (Å²) in [7, 11) is 0. The van der Waals surface area contributed by atoms with Crippen molar-refractivity contribution in [1.82, 2.24) is 5.32 Å². The van der Waals surface area contributed by atoms with Crippen LogP contribution in [0, 0.1) is 24.7 Å². The molecule has 1 aliphatic carbocycles. The molecule has 4 atom stereocenters. The van der Waals surface area contributed by atoms with Gasteiger partial charge in [0.15, 0.2) is 0 Å². The zero-order chi connectivity index (χ0) is 14.5. The van der Waals surface area contributed by atoms with E-state index in [-0.39, 0.29) is 0 Å². The van der Waals surface area contributed by atoms with Gasteiger partial charge in [0.1, 0.15) is 0 Å². The highest BCUT2D eigenvalue weighted by molar-refractivity contribution is 5.25. The minimum absolute atomic E-state index is 0.546. The van der Waals surface area contributed by atoms with Gasteiger partial charge in [-0.25, -0.2) is 0 Å². The third-order valence-electron chi connectivity index (χ3n) is 5.13. The lowest BCUT2D eigenvalue weighted by atomic mass is 9.72. The van der Waals surface area contributed by atoms with Crippen LogP contribution in [0.25, 0.3) is 0 Å². The minimum atomic E-state index is 0.546. The average molecular weight is 273 g/mol. The fourth-order valence-corrected chi connectivity index (χ4v) is 3.61. The lowest BCUT2D eigenvalue weighted by molar-refractivity contribution is 0.171. The van der Waals surface area contributed by atoms with Crippen molar-refractivity contribution in [3.05, 3.63) is 35.4 Å². The molecular formula is C19H31N. The zero-order valence-electron chi connectivity index (χ0n) is 13.7. The Morgan fingerprint density at radius 2 is 2.00 bits per heavy atom. The lowest BCUT2D eigenvalue weighted by Gasteiger charge is -2.37. The molecule has 1 aromatic rings. The molecule has 2 rings (SSSR count). The molecule has 0 spiro atoms. The third-order valence-corrected chi connectivity index (χ3v) is 5.13. The predicted molar refractivity (Wildman–Crippen MR) is 87.9 cm³/mol. The Bertz CT molecular complexity index is 412. The van der Waals surface area contributed by atoms with E-state index in [1.807, 2.05) is 0 Å². The van der Waals surface area contributed by atoms with Gasteiger partial charge in [-0.15, -0.1) is 0 Å². The molecule has 20 heavy (non-hydrogen) atoms. The van der Waals surface area contributed by atoms with E-state index >= 15 is 0 Å². The van der Waals surface area contributed by atoms with Gasteiger partial charge in [0.2, 0.25) is 0 Å². The van der Waals surface area contributed by atoms with E-state index in [1.165, 1.54) is 36.8 Å². The molecule has 0 heterocycles. The number of nitrogens with one attached hydrogen (secondary N) is 1. The van der Waals surface area contributed by atoms with Crippen LogP contribution in [0.3, 0.4) is 0 Å². The van der Waals surface area contributed by atoms with E-state index in [4.69, 9.17) is 0 Å². The SMILES string of the molecule is CCCNC(c1cccc(C)c1)C1CCC(C)C(C)C1. The largest absolute Gasteiger partial charge is 0.310 e. The maximum Gasteiger partial charge on any atom is 0.0348 e. The summed E-state index contributed by atoms with van der Waals surface area (Å²) in [5.41, 5.74) is 2.87. The summed E-state index contributed by atoms with van der Waals surface area (Å²) in [6.45, 7) is 10.4. The first kappa shape index (κ1) is 15.6. The van der Waals surface area contributed by atoms with Crippen molar-refractivity contribution < 1.29 is 0 Å². The van der Waals surface area contributed by atoms with Crippen LogP contribution >= 0.6 is 0 Å². The van der Waals surface area contributed by atoms with Crippen molar-refractivity contribution >= 4 is 0 Å². The average Bonchev–Trinajstić information content (AvgIpc) is 2.43. The summed E-state index contributed by atoms with van der Waals surface area (Å²) in [6.07, 6.45) is 5.35. The van der Waals surface area contributed by atoms with Crippen LogP contribution in [-0.4, -0.2) is 6.54 Å². The van der Waals surface area contributed by atoms with Gasteiger partial charge in [-0.1, -0.05) is 57.0 Å². The highest BCUT2D eigenvalue weighted by Crippen LogP contribution is 2.40. The monoisotopic (exact) mass is 273 g/mol. The molecule has 0 saturated heterocycles. The van der Waals surface area contributed by atoms with E-state index in [2.05, 4.69) is 57.3 Å². The number of hydrogen-bond acceptors (Lipinski definition) is 1. The molecule has 112 valence electrons. The summed E-state index contributed by atoms with van der Waals surface area (Å²) >= 11 is 0. The fraction of sp³-hybridized carbons (Fsp3) is 0.684. The molecule has 1 saturated carbocycles. The smallest absolute Gasteiger partial charge is 0.0348 e. The first-order valence-electron chi connectivity index (χ1n) is 8.41. The van der Waals surface area contributed by atoms with Crippen LogP contribution in [0.5, 0.6) is 0 Å². The number of aryl methyl sites for hydroxylation is 1. The van der Waals surface area contributed by atoms with Crippen molar-refractivity contribution in [3.8, 4) is 0 Å². The number of rotatable bonds is 5. The Morgan fingerprint density at radius 3 is 2.65 bits per heavy atom. The summed E-state index contributed by atoms with van der Waals surface area (Å²) in [4.78, 5) is 0. The van der Waals surface area contributed by atoms with Crippen molar-refractivity contribution in [2.45, 2.75) is 59.4 Å². The molecule has 0 aromatic heterocycles. The predicted octanol–water partition coefficient (Wildman–Crippen LogP) is 5.11. The van der Waals surface area contributed by atoms with Gasteiger partial charge < -0.3 is 5.32 Å². The molecule has 0 radical (unpaired) electrons. The van der Waals surface area contributed by atoms with Crippen molar-refractivity contribution in [2.24, 2.45) is 17.8 Å². The Morgan fingerprint density at radius 1 is 1.20 bits per heavy atom. The van der Waals surface area contributed by atoms with Gasteiger partial charge in [-0.05, 0) is 56.0 Å². The van der Waals surface area contributed by atoms with Gasteiger partial charge in [0.25, 0.3) is 0 Å². The molecule has 1 fully saturated rings. The summed E-state index contributed by atoms with van der Waals surface area (Å²) < 4.78 is 0. The molecule has 1 aromatic carbocycles. The molecular weight excluding hydrogens is 242 g/mol. The Balaban J connectivity index is 2.15. The topological polar surface area (TPSA) is 12.0 Å². The maximum absolute atomic E-state index is 3.82. The second-order valence-electron chi connectivity index (χ2n) is 6.87. The maximum atomic E-state index is 3.82. The van der Waals surface area contributed by atoms with E-state index in [0.717, 1.165) is 24.3 Å². The molecule has 1 heteroatoms. The second-order valence-corrected chi connectivity index (χ2v) is 6.87. The minimum Gasteiger partial charge on any atom is -0.310 e. The highest BCUT2D eigenvalue weighted by atomic mass is 14.9. The molecule has 1 nitrogen and oxygen atoms in total. The van der Waals surface area contributed by atoms with Gasteiger partial charge in [0.05, 0.1) is 0 Å². The summed E-state index contributed by atoms with van der Waals surface area (Å²) in [5, 5.41) is 3.82. The quantitative estimate of drug-likeness (QED) is 0.786. The van der Waals surface area contributed by atoms with E-state index in [9.17, 15) is 0 Å². The van der Waals surface area contributed by atoms with Crippen LogP contribution in [0.4, 0.5) is 0 Å². The molecule has 0 aliphatic heterocycles. The number of hydrogen-bond donors (Lipinski definition) is 1. The van der Waals surface area contributed by atoms with Gasteiger partial charge in [0, 0.05) is 6.04 Å². The van der Waals surface area contributed by atoms with Crippen molar-refractivity contribution in [1.29, 1.82) is 0 Å². The molecule has 1 N–H and O–H groups in total. The normalized spacial score (nSPS) is 28.3. The van der Waals surface area contributed by atoms with Crippen molar-refractivity contribution in [2.75, 3.05) is 6.54 Å². The molecule has 0 bridgehead atoms.